The Bertz CT molecular complexity index is 950. The SMILES string of the molecule is C=C(ON=C(C)C)c1c(C2=CCCCC2)c2cc(Cl)ccc2[nH]c1=O. The fraction of sp³-hybridized carbons (Fsp3) is 0.300. The van der Waals surface area contributed by atoms with Crippen LogP contribution in [0.1, 0.15) is 50.7 Å². The molecule has 5 heteroatoms. The monoisotopic (exact) mass is 356 g/mol. The lowest BCUT2D eigenvalue weighted by Gasteiger charge is -2.19. The van der Waals surface area contributed by atoms with Crippen molar-refractivity contribution in [2.75, 3.05) is 0 Å². The zero-order valence-electron chi connectivity index (χ0n) is 14.5. The van der Waals surface area contributed by atoms with Gasteiger partial charge in [0.25, 0.3) is 5.56 Å². The number of hydrogen-bond acceptors (Lipinski definition) is 3. The van der Waals surface area contributed by atoms with E-state index in [1.807, 2.05) is 26.0 Å². The number of oxime groups is 1. The highest BCUT2D eigenvalue weighted by molar-refractivity contribution is 6.31. The second-order valence-corrected chi connectivity index (χ2v) is 6.86. The Morgan fingerprint density at radius 2 is 2.12 bits per heavy atom. The summed E-state index contributed by atoms with van der Waals surface area (Å²) in [6.07, 6.45) is 6.38. The quantitative estimate of drug-likeness (QED) is 0.445. The number of nitrogens with one attached hydrogen (secondary N) is 1. The van der Waals surface area contributed by atoms with Gasteiger partial charge in [0.2, 0.25) is 0 Å². The number of H-pyrrole nitrogens is 1. The molecule has 4 nitrogen and oxygen atoms in total. The lowest BCUT2D eigenvalue weighted by Crippen LogP contribution is -2.16. The molecular formula is C20H21ClN2O2. The summed E-state index contributed by atoms with van der Waals surface area (Å²) < 4.78 is 0. The molecule has 0 saturated carbocycles. The Morgan fingerprint density at radius 3 is 2.80 bits per heavy atom. The molecular weight excluding hydrogens is 336 g/mol. The van der Waals surface area contributed by atoms with Crippen LogP contribution in [0.3, 0.4) is 0 Å². The van der Waals surface area contributed by atoms with Gasteiger partial charge in [-0.05, 0) is 63.3 Å². The summed E-state index contributed by atoms with van der Waals surface area (Å²) in [5.74, 6) is 0.241. The van der Waals surface area contributed by atoms with Crippen molar-refractivity contribution in [2.45, 2.75) is 39.5 Å². The lowest BCUT2D eigenvalue weighted by atomic mass is 9.88. The normalized spacial score (nSPS) is 14.1. The van der Waals surface area contributed by atoms with E-state index in [1.165, 1.54) is 0 Å². The molecule has 25 heavy (non-hydrogen) atoms. The van der Waals surface area contributed by atoms with Gasteiger partial charge in [0.15, 0.2) is 5.76 Å². The molecule has 1 aliphatic carbocycles. The largest absolute Gasteiger partial charge is 0.357 e. The van der Waals surface area contributed by atoms with E-state index in [-0.39, 0.29) is 11.3 Å². The molecule has 1 aromatic carbocycles. The minimum atomic E-state index is -0.231. The third-order valence-electron chi connectivity index (χ3n) is 4.21. The van der Waals surface area contributed by atoms with Gasteiger partial charge in [0.05, 0.1) is 11.3 Å². The number of halogens is 1. The molecule has 0 amide bonds. The summed E-state index contributed by atoms with van der Waals surface area (Å²) in [7, 11) is 0. The molecule has 0 saturated heterocycles. The second-order valence-electron chi connectivity index (χ2n) is 6.42. The van der Waals surface area contributed by atoms with Gasteiger partial charge < -0.3 is 9.82 Å². The van der Waals surface area contributed by atoms with Crippen LogP contribution in [-0.2, 0) is 4.84 Å². The Balaban J connectivity index is 2.29. The molecule has 1 heterocycles. The maximum absolute atomic E-state index is 12.8. The van der Waals surface area contributed by atoms with E-state index >= 15 is 0 Å². The molecule has 1 aromatic heterocycles. The zero-order valence-corrected chi connectivity index (χ0v) is 15.2. The summed E-state index contributed by atoms with van der Waals surface area (Å²) in [4.78, 5) is 21.1. The Hall–Kier alpha value is -2.33. The topological polar surface area (TPSA) is 54.4 Å². The molecule has 0 aliphatic heterocycles. The van der Waals surface area contributed by atoms with Crippen LogP contribution in [0.2, 0.25) is 5.02 Å². The smallest absolute Gasteiger partial charge is 0.260 e. The minimum absolute atomic E-state index is 0.231. The maximum atomic E-state index is 12.8. The van der Waals surface area contributed by atoms with Crippen molar-refractivity contribution in [1.29, 1.82) is 0 Å². The summed E-state index contributed by atoms with van der Waals surface area (Å²) in [5.41, 5.74) is 3.69. The predicted octanol–water partition coefficient (Wildman–Crippen LogP) is 5.52. The third-order valence-corrected chi connectivity index (χ3v) is 4.44. The highest BCUT2D eigenvalue weighted by atomic mass is 35.5. The van der Waals surface area contributed by atoms with Gasteiger partial charge in [-0.25, -0.2) is 0 Å². The van der Waals surface area contributed by atoms with Gasteiger partial charge >= 0.3 is 0 Å². The van der Waals surface area contributed by atoms with Gasteiger partial charge in [0, 0.05) is 21.5 Å². The lowest BCUT2D eigenvalue weighted by molar-refractivity contribution is 0.298. The Morgan fingerprint density at radius 1 is 1.32 bits per heavy atom. The van der Waals surface area contributed by atoms with Crippen molar-refractivity contribution < 1.29 is 4.84 Å². The molecule has 0 fully saturated rings. The van der Waals surface area contributed by atoms with Gasteiger partial charge in [-0.3, -0.25) is 4.79 Å². The number of allylic oxidation sites excluding steroid dienone is 2. The second kappa shape index (κ2) is 7.28. The first-order chi connectivity index (χ1) is 12.0. The van der Waals surface area contributed by atoms with E-state index in [2.05, 4.69) is 22.8 Å². The number of hydrogen-bond donors (Lipinski definition) is 1. The Kier molecular flexibility index (Phi) is 5.09. The van der Waals surface area contributed by atoms with Gasteiger partial charge in [-0.15, -0.1) is 0 Å². The maximum Gasteiger partial charge on any atom is 0.260 e. The van der Waals surface area contributed by atoms with Crippen LogP contribution < -0.4 is 5.56 Å². The van der Waals surface area contributed by atoms with E-state index in [4.69, 9.17) is 16.4 Å². The highest BCUT2D eigenvalue weighted by Crippen LogP contribution is 2.35. The fourth-order valence-electron chi connectivity index (χ4n) is 3.12. The van der Waals surface area contributed by atoms with Crippen molar-refractivity contribution in [3.05, 3.63) is 57.4 Å². The van der Waals surface area contributed by atoms with Crippen LogP contribution in [0.25, 0.3) is 22.2 Å². The fourth-order valence-corrected chi connectivity index (χ4v) is 3.29. The van der Waals surface area contributed by atoms with Crippen LogP contribution in [0, 0.1) is 0 Å². The van der Waals surface area contributed by atoms with E-state index in [9.17, 15) is 4.79 Å². The third kappa shape index (κ3) is 3.69. The molecule has 0 bridgehead atoms. The van der Waals surface area contributed by atoms with Crippen molar-refractivity contribution in [3.8, 4) is 0 Å². The van der Waals surface area contributed by atoms with Crippen molar-refractivity contribution in [3.63, 3.8) is 0 Å². The van der Waals surface area contributed by atoms with Gasteiger partial charge in [0.1, 0.15) is 0 Å². The molecule has 0 unspecified atom stereocenters. The van der Waals surface area contributed by atoms with E-state index in [1.54, 1.807) is 6.07 Å². The summed E-state index contributed by atoms with van der Waals surface area (Å²) >= 11 is 6.22. The molecule has 0 atom stereocenters. The number of rotatable bonds is 4. The number of fused-ring (bicyclic) bond motifs is 1. The molecule has 130 valence electrons. The van der Waals surface area contributed by atoms with Crippen molar-refractivity contribution in [2.24, 2.45) is 5.16 Å². The van der Waals surface area contributed by atoms with E-state index in [0.29, 0.717) is 10.6 Å². The molecule has 0 spiro atoms. The van der Waals surface area contributed by atoms with Crippen molar-refractivity contribution >= 4 is 39.5 Å². The number of benzene rings is 1. The van der Waals surface area contributed by atoms with Gasteiger partial charge in [-0.2, -0.15) is 0 Å². The predicted molar refractivity (Wildman–Crippen MR) is 105 cm³/mol. The number of pyridine rings is 1. The summed E-state index contributed by atoms with van der Waals surface area (Å²) in [6, 6.07) is 5.48. The van der Waals surface area contributed by atoms with E-state index in [0.717, 1.165) is 53.4 Å². The first kappa shape index (κ1) is 17.5. The number of aromatic amines is 1. The average molecular weight is 357 g/mol. The first-order valence-electron chi connectivity index (χ1n) is 8.40. The summed E-state index contributed by atoms with van der Waals surface area (Å²) in [6.45, 7) is 7.58. The van der Waals surface area contributed by atoms with Crippen LogP contribution in [0.15, 0.2) is 40.8 Å². The molecule has 2 aromatic rings. The van der Waals surface area contributed by atoms with Crippen LogP contribution in [0.5, 0.6) is 0 Å². The summed E-state index contributed by atoms with van der Waals surface area (Å²) in [5, 5.41) is 5.47. The minimum Gasteiger partial charge on any atom is -0.357 e. The van der Waals surface area contributed by atoms with E-state index < -0.39 is 0 Å². The van der Waals surface area contributed by atoms with Crippen LogP contribution >= 0.6 is 11.6 Å². The van der Waals surface area contributed by atoms with Crippen LogP contribution in [0.4, 0.5) is 0 Å². The Labute approximate surface area is 151 Å². The first-order valence-corrected chi connectivity index (χ1v) is 8.77. The number of nitrogens with zero attached hydrogens (tertiary/aromatic N) is 1. The molecule has 3 rings (SSSR count). The zero-order chi connectivity index (χ0) is 18.0. The molecule has 1 N–H and O–H groups in total. The average Bonchev–Trinajstić information content (AvgIpc) is 2.59. The molecule has 0 radical (unpaired) electrons. The molecule has 1 aliphatic rings. The highest BCUT2D eigenvalue weighted by Gasteiger charge is 2.21. The standard InChI is InChI=1S/C20H21ClN2O2/c1-12(2)23-25-13(3)18-19(14-7-5-4-6-8-14)16-11-15(21)9-10-17(16)22-20(18)24/h7,9-11H,3-6,8H2,1-2H3,(H,22,24). The van der Waals surface area contributed by atoms with Crippen molar-refractivity contribution in [1.82, 2.24) is 4.98 Å². The number of aromatic nitrogens is 1. The van der Waals surface area contributed by atoms with Crippen LogP contribution in [-0.4, -0.2) is 10.7 Å². The van der Waals surface area contributed by atoms with Gasteiger partial charge in [-0.1, -0.05) is 29.4 Å².